The lowest BCUT2D eigenvalue weighted by molar-refractivity contribution is -0.380. The van der Waals surface area contributed by atoms with Crippen LogP contribution in [-0.4, -0.2) is 29.5 Å². The van der Waals surface area contributed by atoms with Crippen LogP contribution in [0.3, 0.4) is 0 Å². The van der Waals surface area contributed by atoms with Gasteiger partial charge in [-0.3, -0.25) is 15.0 Å². The molecule has 1 aromatic heterocycles. The summed E-state index contributed by atoms with van der Waals surface area (Å²) in [5.74, 6) is 0.574. The molecule has 1 aromatic rings. The Balaban J connectivity index is 1.97. The van der Waals surface area contributed by atoms with Crippen molar-refractivity contribution in [1.29, 1.82) is 0 Å². The number of rotatable bonds is 5. The Morgan fingerprint density at radius 1 is 1.56 bits per heavy atom. The van der Waals surface area contributed by atoms with Crippen molar-refractivity contribution in [2.75, 3.05) is 13.6 Å². The molecule has 5 nitrogen and oxygen atoms in total. The van der Waals surface area contributed by atoms with Gasteiger partial charge in [0.2, 0.25) is 0 Å². The molecule has 2 unspecified atom stereocenters. The first-order valence-corrected chi connectivity index (χ1v) is 7.07. The second-order valence-electron chi connectivity index (χ2n) is 4.91. The summed E-state index contributed by atoms with van der Waals surface area (Å²) in [6, 6.07) is 3.96. The van der Waals surface area contributed by atoms with Crippen LogP contribution in [0.25, 0.3) is 0 Å². The number of hydrogen-bond donors (Lipinski definition) is 1. The van der Waals surface area contributed by atoms with Crippen molar-refractivity contribution >= 4 is 16.3 Å². The van der Waals surface area contributed by atoms with Crippen LogP contribution in [0.2, 0.25) is 0 Å². The van der Waals surface area contributed by atoms with Crippen LogP contribution in [0.15, 0.2) is 12.1 Å². The molecule has 0 bridgehead atoms. The maximum absolute atomic E-state index is 10.6. The van der Waals surface area contributed by atoms with Crippen LogP contribution in [0, 0.1) is 16.0 Å². The van der Waals surface area contributed by atoms with Crippen molar-refractivity contribution in [3.8, 4) is 0 Å². The molecule has 6 heteroatoms. The molecule has 1 saturated carbocycles. The van der Waals surface area contributed by atoms with Gasteiger partial charge in [0.05, 0.1) is 4.92 Å². The lowest BCUT2D eigenvalue weighted by Crippen LogP contribution is -2.37. The number of thiophene rings is 1. The fraction of sp³-hybridized carbons (Fsp3) is 0.667. The van der Waals surface area contributed by atoms with Crippen molar-refractivity contribution in [3.05, 3.63) is 27.1 Å². The summed E-state index contributed by atoms with van der Waals surface area (Å²) in [5.41, 5.74) is 5.79. The molecule has 0 spiro atoms. The van der Waals surface area contributed by atoms with Gasteiger partial charge in [0.25, 0.3) is 0 Å². The minimum absolute atomic E-state index is 0.222. The monoisotopic (exact) mass is 269 g/mol. The smallest absolute Gasteiger partial charge is 0.324 e. The summed E-state index contributed by atoms with van der Waals surface area (Å²) in [4.78, 5) is 13.7. The third-order valence-electron chi connectivity index (χ3n) is 3.72. The van der Waals surface area contributed by atoms with Crippen molar-refractivity contribution in [1.82, 2.24) is 4.90 Å². The maximum atomic E-state index is 10.6. The Hall–Kier alpha value is -0.980. The average molecular weight is 269 g/mol. The van der Waals surface area contributed by atoms with Gasteiger partial charge in [-0.25, -0.2) is 0 Å². The van der Waals surface area contributed by atoms with E-state index < -0.39 is 0 Å². The van der Waals surface area contributed by atoms with Crippen LogP contribution in [-0.2, 0) is 6.54 Å². The minimum Gasteiger partial charge on any atom is -0.330 e. The fourth-order valence-corrected chi connectivity index (χ4v) is 3.67. The topological polar surface area (TPSA) is 72.4 Å². The molecule has 0 radical (unpaired) electrons. The Kier molecular flexibility index (Phi) is 4.31. The standard InChI is InChI=1S/C12H19N3O2S/c1-14(11-4-2-3-9(11)7-13)8-10-5-6-12(18-10)15(16)17/h5-6,9,11H,2-4,7-8,13H2,1H3. The van der Waals surface area contributed by atoms with Crippen molar-refractivity contribution in [2.45, 2.75) is 31.8 Å². The van der Waals surface area contributed by atoms with E-state index in [0.717, 1.165) is 18.0 Å². The Bertz CT molecular complexity index is 421. The summed E-state index contributed by atoms with van der Waals surface area (Å²) >= 11 is 1.26. The van der Waals surface area contributed by atoms with Crippen LogP contribution in [0.4, 0.5) is 5.00 Å². The quantitative estimate of drug-likeness (QED) is 0.657. The average Bonchev–Trinajstić information content (AvgIpc) is 2.96. The Morgan fingerprint density at radius 2 is 2.33 bits per heavy atom. The van der Waals surface area contributed by atoms with E-state index in [-0.39, 0.29) is 9.92 Å². The van der Waals surface area contributed by atoms with E-state index in [1.54, 1.807) is 6.07 Å². The van der Waals surface area contributed by atoms with Crippen LogP contribution < -0.4 is 5.73 Å². The summed E-state index contributed by atoms with van der Waals surface area (Å²) < 4.78 is 0. The zero-order valence-electron chi connectivity index (χ0n) is 10.5. The SMILES string of the molecule is CN(Cc1ccc([N+](=O)[O-])s1)C1CCCC1CN. The summed E-state index contributed by atoms with van der Waals surface area (Å²) in [6.07, 6.45) is 3.63. The summed E-state index contributed by atoms with van der Waals surface area (Å²) in [5, 5.41) is 10.9. The molecule has 2 N–H and O–H groups in total. The van der Waals surface area contributed by atoms with Crippen LogP contribution >= 0.6 is 11.3 Å². The van der Waals surface area contributed by atoms with E-state index in [2.05, 4.69) is 11.9 Å². The number of nitrogens with zero attached hydrogens (tertiary/aromatic N) is 2. The van der Waals surface area contributed by atoms with Crippen molar-refractivity contribution < 1.29 is 4.92 Å². The predicted octanol–water partition coefficient (Wildman–Crippen LogP) is 2.22. The zero-order valence-corrected chi connectivity index (χ0v) is 11.4. The zero-order chi connectivity index (χ0) is 13.1. The lowest BCUT2D eigenvalue weighted by Gasteiger charge is -2.28. The molecule has 0 saturated heterocycles. The van der Waals surface area contributed by atoms with E-state index in [9.17, 15) is 10.1 Å². The number of nitro groups is 1. The first kappa shape index (κ1) is 13.5. The van der Waals surface area contributed by atoms with Gasteiger partial charge < -0.3 is 5.73 Å². The van der Waals surface area contributed by atoms with Gasteiger partial charge in [-0.05, 0) is 38.4 Å². The number of nitrogens with two attached hydrogens (primary N) is 1. The lowest BCUT2D eigenvalue weighted by atomic mass is 10.0. The normalized spacial score (nSPS) is 23.7. The third kappa shape index (κ3) is 2.88. The molecule has 1 aliphatic rings. The molecular weight excluding hydrogens is 250 g/mol. The van der Waals surface area contributed by atoms with E-state index >= 15 is 0 Å². The molecule has 1 fully saturated rings. The molecule has 18 heavy (non-hydrogen) atoms. The van der Waals surface area contributed by atoms with E-state index in [1.807, 2.05) is 6.07 Å². The predicted molar refractivity (Wildman–Crippen MR) is 72.6 cm³/mol. The van der Waals surface area contributed by atoms with Gasteiger partial charge in [-0.1, -0.05) is 17.8 Å². The molecule has 100 valence electrons. The van der Waals surface area contributed by atoms with Gasteiger partial charge >= 0.3 is 5.00 Å². The van der Waals surface area contributed by atoms with Gasteiger partial charge in [0.15, 0.2) is 0 Å². The highest BCUT2D eigenvalue weighted by Crippen LogP contribution is 2.31. The Labute approximate surface area is 111 Å². The summed E-state index contributed by atoms with van der Waals surface area (Å²) in [6.45, 7) is 1.51. The fourth-order valence-electron chi connectivity index (χ4n) is 2.79. The van der Waals surface area contributed by atoms with Gasteiger partial charge in [0.1, 0.15) is 0 Å². The highest BCUT2D eigenvalue weighted by atomic mass is 32.1. The maximum Gasteiger partial charge on any atom is 0.324 e. The highest BCUT2D eigenvalue weighted by Gasteiger charge is 2.29. The summed E-state index contributed by atoms with van der Waals surface area (Å²) in [7, 11) is 2.09. The van der Waals surface area contributed by atoms with E-state index in [0.29, 0.717) is 12.0 Å². The molecule has 1 aliphatic carbocycles. The molecule has 0 aromatic carbocycles. The molecular formula is C12H19N3O2S. The van der Waals surface area contributed by atoms with Crippen LogP contribution in [0.5, 0.6) is 0 Å². The second kappa shape index (κ2) is 5.77. The Morgan fingerprint density at radius 3 is 2.94 bits per heavy atom. The molecule has 0 amide bonds. The molecule has 0 aliphatic heterocycles. The minimum atomic E-state index is -0.327. The first-order chi connectivity index (χ1) is 8.61. The first-order valence-electron chi connectivity index (χ1n) is 6.25. The van der Waals surface area contributed by atoms with Gasteiger partial charge in [0, 0.05) is 23.5 Å². The van der Waals surface area contributed by atoms with Crippen molar-refractivity contribution in [2.24, 2.45) is 11.7 Å². The largest absolute Gasteiger partial charge is 0.330 e. The van der Waals surface area contributed by atoms with E-state index in [1.165, 1.54) is 30.6 Å². The van der Waals surface area contributed by atoms with Gasteiger partial charge in [-0.15, -0.1) is 0 Å². The number of hydrogen-bond acceptors (Lipinski definition) is 5. The van der Waals surface area contributed by atoms with E-state index in [4.69, 9.17) is 5.73 Å². The van der Waals surface area contributed by atoms with Gasteiger partial charge in [-0.2, -0.15) is 0 Å². The second-order valence-corrected chi connectivity index (χ2v) is 6.05. The molecule has 1 heterocycles. The van der Waals surface area contributed by atoms with Crippen molar-refractivity contribution in [3.63, 3.8) is 0 Å². The molecule has 2 rings (SSSR count). The highest BCUT2D eigenvalue weighted by molar-refractivity contribution is 7.15. The third-order valence-corrected chi connectivity index (χ3v) is 4.74. The molecule has 2 atom stereocenters. The van der Waals surface area contributed by atoms with Crippen LogP contribution in [0.1, 0.15) is 24.1 Å².